The maximum absolute atomic E-state index is 10.1. The first-order valence-electron chi connectivity index (χ1n) is 4.50. The van der Waals surface area contributed by atoms with E-state index in [2.05, 4.69) is 25.9 Å². The first-order valence-corrected chi connectivity index (χ1v) is 6.11. The molecule has 0 aliphatic carbocycles. The highest BCUT2D eigenvalue weighted by atomic mass is 79.9. The number of aliphatic hydroxyl groups excluding tert-OH is 1. The summed E-state index contributed by atoms with van der Waals surface area (Å²) in [4.78, 5) is 8.88. The van der Waals surface area contributed by atoms with Gasteiger partial charge in [-0.1, -0.05) is 0 Å². The third-order valence-corrected chi connectivity index (χ3v) is 3.68. The van der Waals surface area contributed by atoms with E-state index in [4.69, 9.17) is 4.74 Å². The fourth-order valence-corrected chi connectivity index (χ4v) is 2.70. The van der Waals surface area contributed by atoms with Gasteiger partial charge in [0.2, 0.25) is 5.88 Å². The Morgan fingerprint density at radius 3 is 2.75 bits per heavy atom. The fraction of sp³-hybridized carbons (Fsp3) is 0.200. The Hall–Kier alpha value is -0.980. The highest BCUT2D eigenvalue weighted by Crippen LogP contribution is 2.32. The monoisotopic (exact) mass is 300 g/mol. The minimum atomic E-state index is -0.806. The van der Waals surface area contributed by atoms with E-state index < -0.39 is 6.10 Å². The first-order chi connectivity index (χ1) is 7.72. The van der Waals surface area contributed by atoms with Crippen LogP contribution in [-0.2, 0) is 0 Å². The van der Waals surface area contributed by atoms with Gasteiger partial charge in [-0.05, 0) is 28.1 Å². The summed E-state index contributed by atoms with van der Waals surface area (Å²) in [6.07, 6.45) is 2.25. The van der Waals surface area contributed by atoms with Gasteiger partial charge in [0, 0.05) is 17.3 Å². The second kappa shape index (κ2) is 4.90. The molecule has 2 heterocycles. The second-order valence-electron chi connectivity index (χ2n) is 3.00. The van der Waals surface area contributed by atoms with Crippen molar-refractivity contribution in [2.75, 3.05) is 7.11 Å². The molecule has 0 saturated carbocycles. The van der Waals surface area contributed by atoms with Crippen molar-refractivity contribution in [3.63, 3.8) is 0 Å². The van der Waals surface area contributed by atoms with Crippen molar-refractivity contribution >= 4 is 27.3 Å². The van der Waals surface area contributed by atoms with E-state index in [1.165, 1.54) is 30.8 Å². The molecule has 4 nitrogen and oxygen atoms in total. The molecular formula is C10H9BrN2O2S. The number of hydrogen-bond donors (Lipinski definition) is 1. The lowest BCUT2D eigenvalue weighted by molar-refractivity contribution is 0.211. The third-order valence-electron chi connectivity index (χ3n) is 2.01. The molecule has 0 spiro atoms. The number of hydrogen-bond acceptors (Lipinski definition) is 5. The lowest BCUT2D eigenvalue weighted by Gasteiger charge is -2.10. The molecule has 0 aromatic carbocycles. The molecule has 0 saturated heterocycles. The van der Waals surface area contributed by atoms with Crippen molar-refractivity contribution in [2.24, 2.45) is 0 Å². The molecule has 1 unspecified atom stereocenters. The van der Waals surface area contributed by atoms with Crippen LogP contribution in [0.1, 0.15) is 16.7 Å². The molecule has 1 atom stereocenters. The Morgan fingerprint density at radius 1 is 1.38 bits per heavy atom. The molecule has 1 N–H and O–H groups in total. The molecule has 2 aromatic heterocycles. The highest BCUT2D eigenvalue weighted by molar-refractivity contribution is 9.11. The van der Waals surface area contributed by atoms with Gasteiger partial charge in [-0.25, -0.2) is 4.98 Å². The van der Waals surface area contributed by atoms with Gasteiger partial charge in [0.15, 0.2) is 0 Å². The molecule has 0 aliphatic rings. The minimum Gasteiger partial charge on any atom is -0.480 e. The van der Waals surface area contributed by atoms with Gasteiger partial charge >= 0.3 is 0 Å². The Bertz CT molecular complexity index is 489. The van der Waals surface area contributed by atoms with Crippen LogP contribution >= 0.6 is 27.3 Å². The number of methoxy groups -OCH3 is 1. The van der Waals surface area contributed by atoms with E-state index >= 15 is 0 Å². The van der Waals surface area contributed by atoms with E-state index in [0.717, 1.165) is 8.66 Å². The van der Waals surface area contributed by atoms with Crippen LogP contribution in [0.5, 0.6) is 5.88 Å². The van der Waals surface area contributed by atoms with Gasteiger partial charge in [-0.15, -0.1) is 11.3 Å². The van der Waals surface area contributed by atoms with E-state index in [9.17, 15) is 5.11 Å². The molecule has 2 rings (SSSR count). The molecule has 84 valence electrons. The number of aromatic nitrogens is 2. The molecule has 0 aliphatic heterocycles. The molecule has 0 amide bonds. The summed E-state index contributed by atoms with van der Waals surface area (Å²) in [5, 5.41) is 10.1. The maximum atomic E-state index is 10.1. The normalized spacial score (nSPS) is 12.4. The smallest absolute Gasteiger partial charge is 0.238 e. The zero-order valence-electron chi connectivity index (χ0n) is 8.42. The van der Waals surface area contributed by atoms with Gasteiger partial charge in [-0.2, -0.15) is 0 Å². The predicted molar refractivity (Wildman–Crippen MR) is 64.7 cm³/mol. The van der Waals surface area contributed by atoms with E-state index in [1.807, 2.05) is 12.1 Å². The molecule has 6 heteroatoms. The molecular weight excluding hydrogens is 292 g/mol. The Labute approximate surface area is 105 Å². The van der Waals surface area contributed by atoms with E-state index in [1.54, 1.807) is 0 Å². The van der Waals surface area contributed by atoms with Crippen molar-refractivity contribution in [1.82, 2.24) is 9.97 Å². The topological polar surface area (TPSA) is 55.2 Å². The average Bonchev–Trinajstić information content (AvgIpc) is 2.75. The van der Waals surface area contributed by atoms with Gasteiger partial charge in [-0.3, -0.25) is 4.98 Å². The van der Waals surface area contributed by atoms with E-state index in [0.29, 0.717) is 11.6 Å². The second-order valence-corrected chi connectivity index (χ2v) is 5.49. The summed E-state index contributed by atoms with van der Waals surface area (Å²) in [6, 6.07) is 3.72. The SMILES string of the molecule is COc1nccnc1C(O)c1ccc(Br)s1. The van der Waals surface area contributed by atoms with Crippen molar-refractivity contribution in [1.29, 1.82) is 0 Å². The molecule has 0 fully saturated rings. The van der Waals surface area contributed by atoms with Gasteiger partial charge in [0.1, 0.15) is 11.8 Å². The Balaban J connectivity index is 2.36. The van der Waals surface area contributed by atoms with Crippen LogP contribution in [0.3, 0.4) is 0 Å². The summed E-state index contributed by atoms with van der Waals surface area (Å²) >= 11 is 4.80. The van der Waals surface area contributed by atoms with Crippen molar-refractivity contribution in [3.8, 4) is 5.88 Å². The summed E-state index contributed by atoms with van der Waals surface area (Å²) < 4.78 is 6.02. The third kappa shape index (κ3) is 2.23. The summed E-state index contributed by atoms with van der Waals surface area (Å²) in [5.74, 6) is 0.347. The van der Waals surface area contributed by atoms with Crippen LogP contribution in [0.15, 0.2) is 28.3 Å². The van der Waals surface area contributed by atoms with Crippen LogP contribution < -0.4 is 4.74 Å². The Kier molecular flexibility index (Phi) is 3.52. The van der Waals surface area contributed by atoms with Gasteiger partial charge in [0.25, 0.3) is 0 Å². The van der Waals surface area contributed by atoms with Gasteiger partial charge in [0.05, 0.1) is 10.9 Å². The zero-order valence-corrected chi connectivity index (χ0v) is 10.8. The van der Waals surface area contributed by atoms with Crippen LogP contribution in [0.25, 0.3) is 0 Å². The maximum Gasteiger partial charge on any atom is 0.238 e. The van der Waals surface area contributed by atoms with Crippen LogP contribution in [0, 0.1) is 0 Å². The zero-order chi connectivity index (χ0) is 11.5. The van der Waals surface area contributed by atoms with Crippen LogP contribution in [0.4, 0.5) is 0 Å². The number of ether oxygens (including phenoxy) is 1. The number of halogens is 1. The van der Waals surface area contributed by atoms with E-state index in [-0.39, 0.29) is 0 Å². The van der Waals surface area contributed by atoms with Crippen LogP contribution in [0.2, 0.25) is 0 Å². The molecule has 2 aromatic rings. The lowest BCUT2D eigenvalue weighted by atomic mass is 10.2. The summed E-state index contributed by atoms with van der Waals surface area (Å²) in [6.45, 7) is 0. The minimum absolute atomic E-state index is 0.347. The highest BCUT2D eigenvalue weighted by Gasteiger charge is 2.19. The summed E-state index contributed by atoms with van der Waals surface area (Å²) in [5.41, 5.74) is 0.430. The largest absolute Gasteiger partial charge is 0.480 e. The molecule has 16 heavy (non-hydrogen) atoms. The van der Waals surface area contributed by atoms with Crippen molar-refractivity contribution in [2.45, 2.75) is 6.10 Å². The van der Waals surface area contributed by atoms with Crippen LogP contribution in [-0.4, -0.2) is 22.2 Å². The Morgan fingerprint density at radius 2 is 2.12 bits per heavy atom. The molecule has 0 radical (unpaired) electrons. The molecule has 0 bridgehead atoms. The first kappa shape index (κ1) is 11.5. The lowest BCUT2D eigenvalue weighted by Crippen LogP contribution is -2.04. The predicted octanol–water partition coefficient (Wildman–Crippen LogP) is 2.39. The number of thiophene rings is 1. The summed E-state index contributed by atoms with van der Waals surface area (Å²) in [7, 11) is 1.50. The van der Waals surface area contributed by atoms with Crippen molar-refractivity contribution in [3.05, 3.63) is 38.9 Å². The number of nitrogens with zero attached hydrogens (tertiary/aromatic N) is 2. The number of aliphatic hydroxyl groups is 1. The average molecular weight is 301 g/mol. The van der Waals surface area contributed by atoms with Crippen molar-refractivity contribution < 1.29 is 9.84 Å². The number of rotatable bonds is 3. The van der Waals surface area contributed by atoms with Gasteiger partial charge < -0.3 is 9.84 Å². The fourth-order valence-electron chi connectivity index (χ4n) is 1.29. The quantitative estimate of drug-likeness (QED) is 0.946. The standard InChI is InChI=1S/C10H9BrN2O2S/c1-15-10-8(12-4-5-13-10)9(14)6-2-3-7(11)16-6/h2-5,9,14H,1H3.